The smallest absolute Gasteiger partial charge is 0.0345 e. The van der Waals surface area contributed by atoms with Crippen molar-refractivity contribution in [3.8, 4) is 0 Å². The number of benzene rings is 1. The van der Waals surface area contributed by atoms with Crippen molar-refractivity contribution in [2.75, 3.05) is 0 Å². The van der Waals surface area contributed by atoms with Gasteiger partial charge in [-0.3, -0.25) is 0 Å². The Balaban J connectivity index is 2.28. The van der Waals surface area contributed by atoms with Gasteiger partial charge in [-0.05, 0) is 47.6 Å². The van der Waals surface area contributed by atoms with Gasteiger partial charge in [0.25, 0.3) is 0 Å². The zero-order chi connectivity index (χ0) is 12.4. The van der Waals surface area contributed by atoms with Gasteiger partial charge in [0, 0.05) is 10.1 Å². The molecule has 1 aromatic carbocycles. The van der Waals surface area contributed by atoms with E-state index in [0.29, 0.717) is 11.8 Å². The van der Waals surface area contributed by atoms with Gasteiger partial charge >= 0.3 is 0 Å². The highest BCUT2D eigenvalue weighted by molar-refractivity contribution is 7.17. The predicted molar refractivity (Wildman–Crippen MR) is 79.2 cm³/mol. The van der Waals surface area contributed by atoms with Crippen molar-refractivity contribution in [2.45, 2.75) is 32.6 Å². The molecule has 1 aromatic heterocycles. The Labute approximate surface area is 113 Å². The van der Waals surface area contributed by atoms with Crippen molar-refractivity contribution in [1.82, 2.24) is 0 Å². The summed E-state index contributed by atoms with van der Waals surface area (Å²) in [7, 11) is 0. The molecule has 0 nitrogen and oxygen atoms in total. The van der Waals surface area contributed by atoms with E-state index >= 15 is 0 Å². The Morgan fingerprint density at radius 3 is 2.53 bits per heavy atom. The number of rotatable bonds is 4. The molecule has 92 valence electrons. The van der Waals surface area contributed by atoms with E-state index in [9.17, 15) is 0 Å². The Kier molecular flexibility index (Phi) is 4.11. The lowest BCUT2D eigenvalue weighted by Crippen LogP contribution is -2.20. The first-order valence-electron chi connectivity index (χ1n) is 6.18. The van der Waals surface area contributed by atoms with Crippen molar-refractivity contribution in [3.05, 3.63) is 35.2 Å². The molecule has 0 N–H and O–H groups in total. The highest BCUT2D eigenvalue weighted by atomic mass is 35.5. The number of fused-ring (bicyclic) bond motifs is 1. The summed E-state index contributed by atoms with van der Waals surface area (Å²) in [5.41, 5.74) is 1.46. The van der Waals surface area contributed by atoms with E-state index in [0.717, 1.165) is 6.42 Å². The Morgan fingerprint density at radius 2 is 1.88 bits per heavy atom. The second kappa shape index (κ2) is 5.41. The minimum absolute atomic E-state index is 0.230. The molecule has 2 heteroatoms. The van der Waals surface area contributed by atoms with Crippen LogP contribution in [0.3, 0.4) is 0 Å². The van der Waals surface area contributed by atoms with Gasteiger partial charge < -0.3 is 0 Å². The molecule has 0 radical (unpaired) electrons. The molecule has 0 bridgehead atoms. The Hall–Kier alpha value is -0.530. The summed E-state index contributed by atoms with van der Waals surface area (Å²) < 4.78 is 1.38. The molecule has 17 heavy (non-hydrogen) atoms. The van der Waals surface area contributed by atoms with E-state index in [1.165, 1.54) is 15.6 Å². The summed E-state index contributed by atoms with van der Waals surface area (Å²) in [6.45, 7) is 6.64. The number of halogens is 1. The minimum Gasteiger partial charge on any atom is -0.144 e. The molecule has 1 heterocycles. The molecule has 0 aliphatic rings. The summed E-state index contributed by atoms with van der Waals surface area (Å²) in [5.74, 6) is 1.18. The zero-order valence-corrected chi connectivity index (χ0v) is 12.2. The van der Waals surface area contributed by atoms with E-state index in [1.54, 1.807) is 0 Å². The molecule has 2 rings (SSSR count). The van der Waals surface area contributed by atoms with Crippen molar-refractivity contribution in [1.29, 1.82) is 0 Å². The molecular weight excluding hydrogens is 248 g/mol. The van der Waals surface area contributed by atoms with Crippen LogP contribution in [0.1, 0.15) is 26.3 Å². The summed E-state index contributed by atoms with van der Waals surface area (Å²) in [5, 5.41) is 3.92. The largest absolute Gasteiger partial charge is 0.144 e. The second-order valence-electron chi connectivity index (χ2n) is 5.05. The third-order valence-corrected chi connectivity index (χ3v) is 4.80. The van der Waals surface area contributed by atoms with Gasteiger partial charge in [0.15, 0.2) is 0 Å². The maximum atomic E-state index is 6.31. The number of hydrogen-bond donors (Lipinski definition) is 0. The van der Waals surface area contributed by atoms with Crippen molar-refractivity contribution in [2.24, 2.45) is 11.8 Å². The van der Waals surface area contributed by atoms with Crippen LogP contribution in [-0.4, -0.2) is 5.38 Å². The molecule has 0 aliphatic carbocycles. The average Bonchev–Trinajstić information content (AvgIpc) is 2.68. The van der Waals surface area contributed by atoms with Crippen LogP contribution in [0.5, 0.6) is 0 Å². The van der Waals surface area contributed by atoms with Crippen molar-refractivity contribution >= 4 is 33.0 Å². The van der Waals surface area contributed by atoms with Gasteiger partial charge in [-0.25, -0.2) is 0 Å². The Bertz CT molecular complexity index is 476. The molecule has 2 aromatic rings. The number of alkyl halides is 1. The third kappa shape index (κ3) is 2.83. The van der Waals surface area contributed by atoms with Crippen LogP contribution in [-0.2, 0) is 6.42 Å². The minimum atomic E-state index is 0.230. The highest BCUT2D eigenvalue weighted by Crippen LogP contribution is 2.31. The molecule has 0 saturated heterocycles. The van der Waals surface area contributed by atoms with E-state index in [1.807, 2.05) is 11.3 Å². The number of thiophene rings is 1. The van der Waals surface area contributed by atoms with E-state index < -0.39 is 0 Å². The van der Waals surface area contributed by atoms with Crippen LogP contribution in [0, 0.1) is 11.8 Å². The van der Waals surface area contributed by atoms with Crippen molar-refractivity contribution < 1.29 is 0 Å². The normalized spacial score (nSPS) is 15.4. The molecule has 2 unspecified atom stereocenters. The molecular formula is C15H19ClS. The summed E-state index contributed by atoms with van der Waals surface area (Å²) in [4.78, 5) is 0. The van der Waals surface area contributed by atoms with Gasteiger partial charge in [-0.2, -0.15) is 0 Å². The van der Waals surface area contributed by atoms with Crippen LogP contribution >= 0.6 is 22.9 Å². The van der Waals surface area contributed by atoms with Gasteiger partial charge in [-0.1, -0.05) is 32.0 Å². The maximum absolute atomic E-state index is 6.31. The predicted octanol–water partition coefficient (Wildman–Crippen LogP) is 5.34. The standard InChI is InChI=1S/C15H19ClS/c1-10(2)14(11(3)16)8-12-9-17-15-7-5-4-6-13(12)15/h4-7,9-11,14H,8H2,1-3H3. The summed E-state index contributed by atoms with van der Waals surface area (Å²) in [6, 6.07) is 8.63. The molecule has 0 amide bonds. The van der Waals surface area contributed by atoms with Crippen molar-refractivity contribution in [3.63, 3.8) is 0 Å². The monoisotopic (exact) mass is 266 g/mol. The van der Waals surface area contributed by atoms with Gasteiger partial charge in [-0.15, -0.1) is 22.9 Å². The number of hydrogen-bond acceptors (Lipinski definition) is 1. The lowest BCUT2D eigenvalue weighted by atomic mass is 9.87. The van der Waals surface area contributed by atoms with Crippen LogP contribution in [0.2, 0.25) is 0 Å². The summed E-state index contributed by atoms with van der Waals surface area (Å²) >= 11 is 8.15. The lowest BCUT2D eigenvalue weighted by Gasteiger charge is -2.23. The van der Waals surface area contributed by atoms with E-state index in [4.69, 9.17) is 11.6 Å². The van der Waals surface area contributed by atoms with Crippen LogP contribution in [0.25, 0.3) is 10.1 Å². The molecule has 0 spiro atoms. The van der Waals surface area contributed by atoms with Gasteiger partial charge in [0.05, 0.1) is 0 Å². The summed E-state index contributed by atoms with van der Waals surface area (Å²) in [6.07, 6.45) is 1.09. The molecule has 0 fully saturated rings. The average molecular weight is 267 g/mol. The van der Waals surface area contributed by atoms with Crippen LogP contribution < -0.4 is 0 Å². The fourth-order valence-electron chi connectivity index (χ4n) is 2.37. The fourth-order valence-corrected chi connectivity index (χ4v) is 3.73. The Morgan fingerprint density at radius 1 is 1.18 bits per heavy atom. The first-order valence-corrected chi connectivity index (χ1v) is 7.50. The second-order valence-corrected chi connectivity index (χ2v) is 6.65. The topological polar surface area (TPSA) is 0 Å². The molecule has 0 saturated carbocycles. The van der Waals surface area contributed by atoms with E-state index in [-0.39, 0.29) is 5.38 Å². The van der Waals surface area contributed by atoms with Crippen LogP contribution in [0.15, 0.2) is 29.6 Å². The van der Waals surface area contributed by atoms with Crippen LogP contribution in [0.4, 0.5) is 0 Å². The SMILES string of the molecule is CC(C)C(Cc1csc2ccccc12)C(C)Cl. The van der Waals surface area contributed by atoms with Gasteiger partial charge in [0.1, 0.15) is 0 Å². The maximum Gasteiger partial charge on any atom is 0.0345 e. The first kappa shape index (κ1) is 12.9. The highest BCUT2D eigenvalue weighted by Gasteiger charge is 2.20. The van der Waals surface area contributed by atoms with Gasteiger partial charge in [0.2, 0.25) is 0 Å². The molecule has 2 atom stereocenters. The zero-order valence-electron chi connectivity index (χ0n) is 10.6. The molecule has 0 aliphatic heterocycles. The lowest BCUT2D eigenvalue weighted by molar-refractivity contribution is 0.377. The quantitative estimate of drug-likeness (QED) is 0.655. The third-order valence-electron chi connectivity index (χ3n) is 3.46. The fraction of sp³-hybridized carbons (Fsp3) is 0.467. The first-order chi connectivity index (χ1) is 8.09. The van der Waals surface area contributed by atoms with E-state index in [2.05, 4.69) is 50.4 Å².